The van der Waals surface area contributed by atoms with Crippen LogP contribution in [0.5, 0.6) is 0 Å². The average Bonchev–Trinajstić information content (AvgIpc) is 3.47. The van der Waals surface area contributed by atoms with Crippen molar-refractivity contribution in [2.45, 2.75) is 44.6 Å². The first-order valence-corrected chi connectivity index (χ1v) is 10.4. The molecule has 0 radical (unpaired) electrons. The van der Waals surface area contributed by atoms with Crippen molar-refractivity contribution in [3.05, 3.63) is 31.0 Å². The maximum atomic E-state index is 13.1. The lowest BCUT2D eigenvalue weighted by atomic mass is 10.1. The molecule has 2 aliphatic heterocycles. The molecule has 3 atom stereocenters. The van der Waals surface area contributed by atoms with Crippen molar-refractivity contribution in [3.8, 4) is 11.1 Å². The second kappa shape index (κ2) is 7.66. The first-order chi connectivity index (χ1) is 15.6. The summed E-state index contributed by atoms with van der Waals surface area (Å²) >= 11 is 0. The Labute approximate surface area is 184 Å². The monoisotopic (exact) mass is 469 g/mol. The first kappa shape index (κ1) is 21.6. The van der Waals surface area contributed by atoms with Gasteiger partial charge in [-0.05, 0) is 25.8 Å². The molecule has 3 unspecified atom stereocenters. The molecule has 2 fully saturated rings. The van der Waals surface area contributed by atoms with E-state index in [9.17, 15) is 26.7 Å². The van der Waals surface area contributed by atoms with E-state index in [2.05, 4.69) is 15.2 Å². The number of halogens is 5. The van der Waals surface area contributed by atoms with Gasteiger partial charge in [-0.2, -0.15) is 32.1 Å². The van der Waals surface area contributed by atoms with Crippen LogP contribution in [0.2, 0.25) is 0 Å². The van der Waals surface area contributed by atoms with Crippen LogP contribution in [0.15, 0.2) is 31.0 Å². The van der Waals surface area contributed by atoms with Crippen molar-refractivity contribution in [2.24, 2.45) is 5.92 Å². The minimum Gasteiger partial charge on any atom is -0.351 e. The van der Waals surface area contributed by atoms with E-state index in [0.717, 1.165) is 6.92 Å². The van der Waals surface area contributed by atoms with Gasteiger partial charge in [0.25, 0.3) is 0 Å². The predicted molar refractivity (Wildman–Crippen MR) is 107 cm³/mol. The van der Waals surface area contributed by atoms with Crippen molar-refractivity contribution in [3.63, 3.8) is 0 Å². The standard InChI is InChI=1S/C20H20F5N7O/c1-11(20(23,24)25)18(33)32-14-2-3-15(32)9-29(8-14)17-16-4-12(6-30(16)28-10-26-17)13-5-27-31(7-13)19(21)22/h4-7,10-11,14-15,19H,2-3,8-9H2,1H3. The lowest BCUT2D eigenvalue weighted by molar-refractivity contribution is -0.187. The molecule has 0 saturated carbocycles. The lowest BCUT2D eigenvalue weighted by Crippen LogP contribution is -2.58. The average molecular weight is 469 g/mol. The normalized spacial score (nSPS) is 21.9. The maximum Gasteiger partial charge on any atom is 0.400 e. The molecule has 5 heterocycles. The molecule has 2 saturated heterocycles. The van der Waals surface area contributed by atoms with Crippen molar-refractivity contribution in [1.29, 1.82) is 0 Å². The highest BCUT2D eigenvalue weighted by Gasteiger charge is 2.50. The highest BCUT2D eigenvalue weighted by molar-refractivity contribution is 5.81. The van der Waals surface area contributed by atoms with Crippen molar-refractivity contribution >= 4 is 17.2 Å². The van der Waals surface area contributed by atoms with Gasteiger partial charge in [0.15, 0.2) is 5.82 Å². The van der Waals surface area contributed by atoms with Crippen molar-refractivity contribution in [1.82, 2.24) is 29.3 Å². The molecule has 1 amide bonds. The Morgan fingerprint density at radius 1 is 1.09 bits per heavy atom. The summed E-state index contributed by atoms with van der Waals surface area (Å²) in [5, 5.41) is 7.84. The van der Waals surface area contributed by atoms with Crippen molar-refractivity contribution in [2.75, 3.05) is 18.0 Å². The minimum absolute atomic E-state index is 0.338. The highest BCUT2D eigenvalue weighted by Crippen LogP contribution is 2.37. The highest BCUT2D eigenvalue weighted by atomic mass is 19.4. The predicted octanol–water partition coefficient (Wildman–Crippen LogP) is 3.37. The van der Waals surface area contributed by atoms with Crippen LogP contribution in [-0.4, -0.2) is 66.5 Å². The zero-order chi connectivity index (χ0) is 23.5. The van der Waals surface area contributed by atoms with E-state index in [1.54, 1.807) is 16.8 Å². The number of hydrogen-bond donors (Lipinski definition) is 0. The Kier molecular flexibility index (Phi) is 5.01. The molecule has 2 aliphatic rings. The van der Waals surface area contributed by atoms with Gasteiger partial charge in [0.1, 0.15) is 17.8 Å². The van der Waals surface area contributed by atoms with E-state index in [-0.39, 0.29) is 12.1 Å². The molecule has 3 aromatic rings. The molecule has 2 bridgehead atoms. The number of carbonyl (C=O) groups is 1. The molecule has 3 aromatic heterocycles. The lowest BCUT2D eigenvalue weighted by Gasteiger charge is -2.42. The number of hydrogen-bond acceptors (Lipinski definition) is 5. The molecule has 33 heavy (non-hydrogen) atoms. The van der Waals surface area contributed by atoms with Crippen LogP contribution in [0, 0.1) is 5.92 Å². The molecular formula is C20H20F5N7O. The summed E-state index contributed by atoms with van der Waals surface area (Å²) in [5.41, 5.74) is 1.74. The quantitative estimate of drug-likeness (QED) is 0.548. The Morgan fingerprint density at radius 2 is 1.79 bits per heavy atom. The summed E-state index contributed by atoms with van der Waals surface area (Å²) in [5.74, 6) is -2.35. The van der Waals surface area contributed by atoms with Crippen molar-refractivity contribution < 1.29 is 26.7 Å². The largest absolute Gasteiger partial charge is 0.400 e. The number of anilines is 1. The smallest absolute Gasteiger partial charge is 0.351 e. The summed E-state index contributed by atoms with van der Waals surface area (Å²) < 4.78 is 67.2. The van der Waals surface area contributed by atoms with Gasteiger partial charge in [-0.1, -0.05) is 0 Å². The van der Waals surface area contributed by atoms with E-state index in [4.69, 9.17) is 0 Å². The summed E-state index contributed by atoms with van der Waals surface area (Å²) in [6.07, 6.45) is 2.27. The van der Waals surface area contributed by atoms with E-state index in [1.165, 1.54) is 23.6 Å². The van der Waals surface area contributed by atoms with Gasteiger partial charge in [0.05, 0.1) is 6.20 Å². The Balaban J connectivity index is 1.42. The Hall–Kier alpha value is -3.25. The Bertz CT molecular complexity index is 1180. The first-order valence-electron chi connectivity index (χ1n) is 10.4. The fourth-order valence-corrected chi connectivity index (χ4v) is 4.71. The molecule has 176 valence electrons. The number of amides is 1. The van der Waals surface area contributed by atoms with Gasteiger partial charge < -0.3 is 9.80 Å². The third-order valence-electron chi connectivity index (χ3n) is 6.42. The van der Waals surface area contributed by atoms with Gasteiger partial charge in [-0.3, -0.25) is 4.79 Å². The number of piperazine rings is 1. The second-order valence-electron chi connectivity index (χ2n) is 8.43. The van der Waals surface area contributed by atoms with Crippen LogP contribution >= 0.6 is 0 Å². The molecule has 13 heteroatoms. The summed E-state index contributed by atoms with van der Waals surface area (Å²) in [6, 6.07) is 1.08. The van der Waals surface area contributed by atoms with Gasteiger partial charge in [0.2, 0.25) is 5.91 Å². The fraction of sp³-hybridized carbons (Fsp3) is 0.500. The topological polar surface area (TPSA) is 71.6 Å². The third-order valence-corrected chi connectivity index (χ3v) is 6.42. The number of nitrogens with zero attached hydrogens (tertiary/aromatic N) is 7. The molecule has 5 rings (SSSR count). The molecule has 0 spiro atoms. The van der Waals surface area contributed by atoms with Crippen LogP contribution in [0.1, 0.15) is 26.3 Å². The third kappa shape index (κ3) is 3.68. The van der Waals surface area contributed by atoms with Crippen LogP contribution in [0.25, 0.3) is 16.6 Å². The molecular weight excluding hydrogens is 449 g/mol. The maximum absolute atomic E-state index is 13.1. The molecule has 8 nitrogen and oxygen atoms in total. The molecule has 0 aliphatic carbocycles. The number of aromatic nitrogens is 5. The van der Waals surface area contributed by atoms with E-state index in [0.29, 0.717) is 53.1 Å². The minimum atomic E-state index is -4.58. The van der Waals surface area contributed by atoms with E-state index >= 15 is 0 Å². The zero-order valence-corrected chi connectivity index (χ0v) is 17.5. The molecule has 0 N–H and O–H groups in total. The van der Waals surface area contributed by atoms with Crippen LogP contribution < -0.4 is 4.90 Å². The summed E-state index contributed by atoms with van der Waals surface area (Å²) in [4.78, 5) is 20.3. The Morgan fingerprint density at radius 3 is 2.39 bits per heavy atom. The summed E-state index contributed by atoms with van der Waals surface area (Å²) in [6.45, 7) is -1.15. The van der Waals surface area contributed by atoms with Gasteiger partial charge in [-0.25, -0.2) is 14.2 Å². The zero-order valence-electron chi connectivity index (χ0n) is 17.5. The van der Waals surface area contributed by atoms with Crippen LogP contribution in [0.3, 0.4) is 0 Å². The van der Waals surface area contributed by atoms with Crippen LogP contribution in [-0.2, 0) is 4.79 Å². The SMILES string of the molecule is CC(C(=O)N1C2CCC1CN(c1ncnn3cc(-c4cnn(C(F)F)c4)cc13)C2)C(F)(F)F. The van der Waals surface area contributed by atoms with E-state index in [1.807, 2.05) is 4.90 Å². The van der Waals surface area contributed by atoms with Gasteiger partial charge in [0, 0.05) is 48.7 Å². The molecule has 0 aromatic carbocycles. The van der Waals surface area contributed by atoms with Gasteiger partial charge >= 0.3 is 12.7 Å². The van der Waals surface area contributed by atoms with Crippen LogP contribution in [0.4, 0.5) is 27.8 Å². The number of rotatable bonds is 4. The number of alkyl halides is 5. The fourth-order valence-electron chi connectivity index (χ4n) is 4.71. The number of carbonyl (C=O) groups excluding carboxylic acids is 1. The van der Waals surface area contributed by atoms with Gasteiger partial charge in [-0.15, -0.1) is 0 Å². The second-order valence-corrected chi connectivity index (χ2v) is 8.43. The number of fused-ring (bicyclic) bond motifs is 3. The van der Waals surface area contributed by atoms with E-state index < -0.39 is 24.6 Å². The summed E-state index contributed by atoms with van der Waals surface area (Å²) in [7, 11) is 0.